The Balaban J connectivity index is 1.26. The van der Waals surface area contributed by atoms with E-state index in [0.29, 0.717) is 31.4 Å². The minimum Gasteiger partial charge on any atom is -0.381 e. The molecular weight excluding hydrogens is 403 g/mol. The third kappa shape index (κ3) is 4.21. The minimum absolute atomic E-state index is 0.0924. The standard InChI is InChI=1S/C27H37FN2O2/c1-20-5-2-3-6-22(20)17-21-9-14-29(19-21)23-7-8-25(24(28)18-23)30-13-4-10-27(26(30)31)11-15-32-16-12-27/h6-8,18,20-21H,2-5,9-17,19H2,1H3/t20-,21-/m0/s1. The number of nitrogens with zero attached hydrogens (tertiary/aromatic N) is 2. The molecule has 0 unspecified atom stereocenters. The summed E-state index contributed by atoms with van der Waals surface area (Å²) < 4.78 is 20.8. The minimum atomic E-state index is -0.352. The molecule has 5 rings (SSSR count). The largest absolute Gasteiger partial charge is 0.381 e. The predicted molar refractivity (Wildman–Crippen MR) is 127 cm³/mol. The van der Waals surface area contributed by atoms with Gasteiger partial charge in [0.1, 0.15) is 5.82 Å². The monoisotopic (exact) mass is 440 g/mol. The predicted octanol–water partition coefficient (Wildman–Crippen LogP) is 5.71. The van der Waals surface area contributed by atoms with E-state index in [2.05, 4.69) is 17.9 Å². The molecule has 1 aromatic carbocycles. The first kappa shape index (κ1) is 21.9. The van der Waals surface area contributed by atoms with Gasteiger partial charge in [0.2, 0.25) is 5.91 Å². The van der Waals surface area contributed by atoms with Crippen molar-refractivity contribution in [3.63, 3.8) is 0 Å². The normalized spacial score (nSPS) is 28.3. The Morgan fingerprint density at radius 3 is 2.75 bits per heavy atom. The van der Waals surface area contributed by atoms with Gasteiger partial charge in [-0.2, -0.15) is 0 Å². The van der Waals surface area contributed by atoms with Gasteiger partial charge in [0, 0.05) is 38.5 Å². The van der Waals surface area contributed by atoms with Gasteiger partial charge in [0.05, 0.1) is 11.1 Å². The molecule has 0 bridgehead atoms. The number of hydrogen-bond acceptors (Lipinski definition) is 3. The van der Waals surface area contributed by atoms with Gasteiger partial charge in [0.25, 0.3) is 0 Å². The lowest BCUT2D eigenvalue weighted by atomic mass is 9.73. The highest BCUT2D eigenvalue weighted by atomic mass is 19.1. The van der Waals surface area contributed by atoms with E-state index in [0.717, 1.165) is 50.4 Å². The van der Waals surface area contributed by atoms with Crippen LogP contribution in [0.4, 0.5) is 15.8 Å². The molecule has 32 heavy (non-hydrogen) atoms. The van der Waals surface area contributed by atoms with E-state index < -0.39 is 0 Å². The zero-order valence-electron chi connectivity index (χ0n) is 19.5. The number of halogens is 1. The average Bonchev–Trinajstić information content (AvgIpc) is 3.27. The number of piperidine rings is 1. The molecular formula is C27H37FN2O2. The third-order valence-electron chi connectivity index (χ3n) is 8.46. The fourth-order valence-electron chi connectivity index (χ4n) is 6.39. The van der Waals surface area contributed by atoms with Gasteiger partial charge in [-0.05, 0) is 87.8 Å². The maximum absolute atomic E-state index is 15.3. The van der Waals surface area contributed by atoms with Crippen molar-refractivity contribution < 1.29 is 13.9 Å². The van der Waals surface area contributed by atoms with Crippen molar-refractivity contribution in [3.05, 3.63) is 35.7 Å². The Hall–Kier alpha value is -1.88. The summed E-state index contributed by atoms with van der Waals surface area (Å²) in [5.41, 5.74) is 2.68. The van der Waals surface area contributed by atoms with Crippen molar-refractivity contribution in [2.75, 3.05) is 42.6 Å². The summed E-state index contributed by atoms with van der Waals surface area (Å²) in [6.07, 6.45) is 12.0. The zero-order chi connectivity index (χ0) is 22.1. The second kappa shape index (κ2) is 9.17. The van der Waals surface area contributed by atoms with Crippen LogP contribution in [-0.2, 0) is 9.53 Å². The number of carbonyl (C=O) groups excluding carboxylic acids is 1. The average molecular weight is 441 g/mol. The van der Waals surface area contributed by atoms with Crippen LogP contribution in [0.25, 0.3) is 0 Å². The summed E-state index contributed by atoms with van der Waals surface area (Å²) in [5, 5.41) is 0. The number of amides is 1. The van der Waals surface area contributed by atoms with E-state index in [1.54, 1.807) is 16.5 Å². The SMILES string of the molecule is C[C@H]1CCCC=C1C[C@@H]1CCN(c2ccc(N3CCCC4(CCOCC4)C3=O)c(F)c2)C1. The molecule has 174 valence electrons. The summed E-state index contributed by atoms with van der Waals surface area (Å²) in [5.74, 6) is 1.19. The van der Waals surface area contributed by atoms with Gasteiger partial charge in [-0.15, -0.1) is 0 Å². The molecule has 0 N–H and O–H groups in total. The number of benzene rings is 1. The van der Waals surface area contributed by atoms with Crippen molar-refractivity contribution in [2.45, 2.75) is 64.7 Å². The van der Waals surface area contributed by atoms with Crippen LogP contribution < -0.4 is 9.80 Å². The number of allylic oxidation sites excluding steroid dienone is 2. The topological polar surface area (TPSA) is 32.8 Å². The fraction of sp³-hybridized carbons (Fsp3) is 0.667. The van der Waals surface area contributed by atoms with Crippen LogP contribution in [0.1, 0.15) is 64.7 Å². The van der Waals surface area contributed by atoms with Crippen LogP contribution in [0.15, 0.2) is 29.8 Å². The smallest absolute Gasteiger partial charge is 0.233 e. The molecule has 3 aliphatic heterocycles. The molecule has 1 aliphatic carbocycles. The van der Waals surface area contributed by atoms with Gasteiger partial charge in [0.15, 0.2) is 0 Å². The lowest BCUT2D eigenvalue weighted by Crippen LogP contribution is -2.51. The number of ether oxygens (including phenoxy) is 1. The molecule has 1 aromatic rings. The molecule has 0 saturated carbocycles. The summed E-state index contributed by atoms with van der Waals surface area (Å²) in [4.78, 5) is 17.4. The van der Waals surface area contributed by atoms with E-state index in [1.165, 1.54) is 32.1 Å². The van der Waals surface area contributed by atoms with Crippen LogP contribution in [0.2, 0.25) is 0 Å². The first-order valence-electron chi connectivity index (χ1n) is 12.7. The van der Waals surface area contributed by atoms with Gasteiger partial charge < -0.3 is 14.5 Å². The molecule has 3 heterocycles. The number of hydrogen-bond donors (Lipinski definition) is 0. The van der Waals surface area contributed by atoms with Crippen molar-refractivity contribution >= 4 is 17.3 Å². The van der Waals surface area contributed by atoms with Crippen molar-refractivity contribution in [1.82, 2.24) is 0 Å². The molecule has 3 saturated heterocycles. The van der Waals surface area contributed by atoms with Gasteiger partial charge >= 0.3 is 0 Å². The highest BCUT2D eigenvalue weighted by molar-refractivity contribution is 5.98. The summed E-state index contributed by atoms with van der Waals surface area (Å²) in [6.45, 7) is 6.21. The van der Waals surface area contributed by atoms with E-state index in [4.69, 9.17) is 4.74 Å². The number of anilines is 2. The van der Waals surface area contributed by atoms with Crippen LogP contribution >= 0.6 is 0 Å². The Bertz CT molecular complexity index is 871. The first-order chi connectivity index (χ1) is 15.6. The van der Waals surface area contributed by atoms with Crippen molar-refractivity contribution in [1.29, 1.82) is 0 Å². The lowest BCUT2D eigenvalue weighted by Gasteiger charge is -2.43. The second-order valence-electron chi connectivity index (χ2n) is 10.5. The van der Waals surface area contributed by atoms with Gasteiger partial charge in [-0.25, -0.2) is 4.39 Å². The third-order valence-corrected chi connectivity index (χ3v) is 8.46. The van der Waals surface area contributed by atoms with E-state index in [-0.39, 0.29) is 17.1 Å². The number of carbonyl (C=O) groups is 1. The van der Waals surface area contributed by atoms with Crippen LogP contribution in [0.5, 0.6) is 0 Å². The first-order valence-corrected chi connectivity index (χ1v) is 12.7. The van der Waals surface area contributed by atoms with Crippen molar-refractivity contribution in [2.24, 2.45) is 17.3 Å². The molecule has 2 atom stereocenters. The van der Waals surface area contributed by atoms with Crippen LogP contribution in [0.3, 0.4) is 0 Å². The lowest BCUT2D eigenvalue weighted by molar-refractivity contribution is -0.136. The molecule has 4 aliphatic rings. The highest BCUT2D eigenvalue weighted by Crippen LogP contribution is 2.42. The van der Waals surface area contributed by atoms with Crippen molar-refractivity contribution in [3.8, 4) is 0 Å². The Morgan fingerprint density at radius 1 is 1.12 bits per heavy atom. The molecule has 0 aromatic heterocycles. The van der Waals surface area contributed by atoms with Crippen LogP contribution in [0, 0.1) is 23.1 Å². The number of rotatable bonds is 4. The Morgan fingerprint density at radius 2 is 1.97 bits per heavy atom. The molecule has 0 radical (unpaired) electrons. The van der Waals surface area contributed by atoms with E-state index in [9.17, 15) is 4.79 Å². The summed E-state index contributed by atoms with van der Waals surface area (Å²) in [6, 6.07) is 5.50. The van der Waals surface area contributed by atoms with Gasteiger partial charge in [-0.1, -0.05) is 18.6 Å². The molecule has 3 fully saturated rings. The zero-order valence-corrected chi connectivity index (χ0v) is 19.5. The maximum atomic E-state index is 15.3. The van der Waals surface area contributed by atoms with E-state index >= 15 is 4.39 Å². The molecule has 5 heteroatoms. The quantitative estimate of drug-likeness (QED) is 0.562. The summed E-state index contributed by atoms with van der Waals surface area (Å²) >= 11 is 0. The fourth-order valence-corrected chi connectivity index (χ4v) is 6.39. The Kier molecular flexibility index (Phi) is 6.28. The molecule has 4 nitrogen and oxygen atoms in total. The van der Waals surface area contributed by atoms with E-state index in [1.807, 2.05) is 12.1 Å². The van der Waals surface area contributed by atoms with Gasteiger partial charge in [-0.3, -0.25) is 4.79 Å². The second-order valence-corrected chi connectivity index (χ2v) is 10.5. The molecule has 1 spiro atoms. The summed E-state index contributed by atoms with van der Waals surface area (Å²) in [7, 11) is 0. The van der Waals surface area contributed by atoms with Crippen LogP contribution in [-0.4, -0.2) is 38.8 Å². The highest BCUT2D eigenvalue weighted by Gasteiger charge is 2.45. The maximum Gasteiger partial charge on any atom is 0.233 e. The Labute approximate surface area is 191 Å². The molecule has 1 amide bonds.